The van der Waals surface area contributed by atoms with Crippen LogP contribution in [-0.4, -0.2) is 4.98 Å². The summed E-state index contributed by atoms with van der Waals surface area (Å²) in [6.45, 7) is 2.86. The summed E-state index contributed by atoms with van der Waals surface area (Å²) in [6.07, 6.45) is 1.93. The van der Waals surface area contributed by atoms with Crippen LogP contribution in [-0.2, 0) is 6.54 Å². The molecule has 0 unspecified atom stereocenters. The Hall–Kier alpha value is -0.740. The first-order valence-corrected chi connectivity index (χ1v) is 6.57. The quantitative estimate of drug-likeness (QED) is 0.846. The first-order valence-electron chi connectivity index (χ1n) is 4.98. The maximum absolute atomic E-state index is 3.56. The molecular formula is C12H12Br2N2. The number of aryl methyl sites for hydroxylation is 1. The summed E-state index contributed by atoms with van der Waals surface area (Å²) in [5, 5.41) is 3.39. The zero-order valence-corrected chi connectivity index (χ0v) is 12.0. The van der Waals surface area contributed by atoms with E-state index in [0.29, 0.717) is 0 Å². The average Bonchev–Trinajstić information content (AvgIpc) is 2.68. The summed E-state index contributed by atoms with van der Waals surface area (Å²) >= 11 is 7.12. The molecule has 2 nitrogen and oxygen atoms in total. The highest BCUT2D eigenvalue weighted by Crippen LogP contribution is 2.32. The third kappa shape index (κ3) is 2.68. The molecule has 4 heteroatoms. The number of rotatable bonds is 3. The molecule has 0 radical (unpaired) electrons. The number of aromatic amines is 1. The number of H-pyrrole nitrogens is 1. The van der Waals surface area contributed by atoms with Crippen molar-refractivity contribution in [3.63, 3.8) is 0 Å². The van der Waals surface area contributed by atoms with Crippen molar-refractivity contribution in [1.29, 1.82) is 0 Å². The van der Waals surface area contributed by atoms with Gasteiger partial charge in [0.15, 0.2) is 0 Å². The van der Waals surface area contributed by atoms with Crippen LogP contribution in [0.4, 0.5) is 5.69 Å². The minimum absolute atomic E-state index is 0.785. The molecule has 0 bridgehead atoms. The second-order valence-corrected chi connectivity index (χ2v) is 5.36. The fourth-order valence-electron chi connectivity index (χ4n) is 1.53. The molecule has 2 N–H and O–H groups in total. The minimum atomic E-state index is 0.785. The molecule has 0 aliphatic carbocycles. The molecule has 1 aromatic carbocycles. The van der Waals surface area contributed by atoms with Gasteiger partial charge < -0.3 is 10.3 Å². The predicted octanol–water partition coefficient (Wildman–Crippen LogP) is 4.46. The Balaban J connectivity index is 2.15. The first kappa shape index (κ1) is 11.7. The summed E-state index contributed by atoms with van der Waals surface area (Å²) in [6, 6.07) is 8.25. The highest BCUT2D eigenvalue weighted by molar-refractivity contribution is 9.11. The van der Waals surface area contributed by atoms with E-state index in [1.807, 2.05) is 12.3 Å². The molecule has 0 atom stereocenters. The lowest BCUT2D eigenvalue weighted by molar-refractivity contribution is 1.07. The van der Waals surface area contributed by atoms with Crippen LogP contribution < -0.4 is 5.32 Å². The van der Waals surface area contributed by atoms with Crippen molar-refractivity contribution >= 4 is 37.5 Å². The van der Waals surface area contributed by atoms with Gasteiger partial charge in [0.25, 0.3) is 0 Å². The van der Waals surface area contributed by atoms with E-state index in [1.165, 1.54) is 11.3 Å². The van der Waals surface area contributed by atoms with Crippen molar-refractivity contribution in [2.24, 2.45) is 0 Å². The van der Waals surface area contributed by atoms with E-state index in [4.69, 9.17) is 0 Å². The van der Waals surface area contributed by atoms with Gasteiger partial charge in [0, 0.05) is 20.8 Å². The largest absolute Gasteiger partial charge is 0.378 e. The highest BCUT2D eigenvalue weighted by Gasteiger charge is 2.05. The molecule has 0 spiro atoms. The summed E-state index contributed by atoms with van der Waals surface area (Å²) < 4.78 is 2.15. The van der Waals surface area contributed by atoms with E-state index in [9.17, 15) is 0 Å². The van der Waals surface area contributed by atoms with Crippen molar-refractivity contribution < 1.29 is 0 Å². The zero-order chi connectivity index (χ0) is 11.5. The normalized spacial score (nSPS) is 10.4. The van der Waals surface area contributed by atoms with Gasteiger partial charge in [0.05, 0.1) is 12.2 Å². The van der Waals surface area contributed by atoms with Gasteiger partial charge in [-0.1, -0.05) is 0 Å². The number of anilines is 1. The van der Waals surface area contributed by atoms with Gasteiger partial charge in [-0.2, -0.15) is 0 Å². The molecule has 0 saturated heterocycles. The zero-order valence-electron chi connectivity index (χ0n) is 8.85. The molecule has 84 valence electrons. The van der Waals surface area contributed by atoms with Crippen LogP contribution in [0.2, 0.25) is 0 Å². The smallest absolute Gasteiger partial charge is 0.0632 e. The fraction of sp³-hybridized carbons (Fsp3) is 0.167. The minimum Gasteiger partial charge on any atom is -0.378 e. The molecule has 1 heterocycles. The van der Waals surface area contributed by atoms with Gasteiger partial charge in [0.2, 0.25) is 0 Å². The van der Waals surface area contributed by atoms with Crippen LogP contribution >= 0.6 is 31.9 Å². The molecule has 16 heavy (non-hydrogen) atoms. The Morgan fingerprint density at radius 3 is 2.50 bits per heavy atom. The number of nitrogens with one attached hydrogen (secondary N) is 2. The molecule has 0 amide bonds. The van der Waals surface area contributed by atoms with Crippen molar-refractivity contribution in [1.82, 2.24) is 4.98 Å². The Labute approximate surface area is 112 Å². The van der Waals surface area contributed by atoms with Gasteiger partial charge in [-0.25, -0.2) is 0 Å². The van der Waals surface area contributed by atoms with Gasteiger partial charge in [-0.3, -0.25) is 0 Å². The molecule has 0 aliphatic rings. The second-order valence-electron chi connectivity index (χ2n) is 3.65. The lowest BCUT2D eigenvalue weighted by Gasteiger charge is -2.11. The number of hydrogen-bond donors (Lipinski definition) is 2. The third-order valence-corrected chi connectivity index (χ3v) is 3.56. The summed E-state index contributed by atoms with van der Waals surface area (Å²) in [7, 11) is 0. The third-order valence-electron chi connectivity index (χ3n) is 2.30. The topological polar surface area (TPSA) is 27.8 Å². The second kappa shape index (κ2) is 5.06. The Morgan fingerprint density at radius 2 is 1.94 bits per heavy atom. The molecule has 0 saturated carbocycles. The van der Waals surface area contributed by atoms with E-state index in [1.54, 1.807) is 0 Å². The van der Waals surface area contributed by atoms with E-state index >= 15 is 0 Å². The van der Waals surface area contributed by atoms with Crippen LogP contribution in [0.5, 0.6) is 0 Å². The SMILES string of the molecule is Cc1cc(Br)c(NCc2ccc[nH]2)c(Br)c1. The van der Waals surface area contributed by atoms with E-state index in [0.717, 1.165) is 21.2 Å². The lowest BCUT2D eigenvalue weighted by atomic mass is 10.2. The van der Waals surface area contributed by atoms with Crippen molar-refractivity contribution in [3.8, 4) is 0 Å². The number of hydrogen-bond acceptors (Lipinski definition) is 1. The standard InChI is InChI=1S/C12H12Br2N2/c1-8-5-10(13)12(11(14)6-8)16-7-9-3-2-4-15-9/h2-6,15-16H,7H2,1H3. The lowest BCUT2D eigenvalue weighted by Crippen LogP contribution is -2.01. The van der Waals surface area contributed by atoms with Gasteiger partial charge >= 0.3 is 0 Å². The van der Waals surface area contributed by atoms with E-state index in [2.05, 4.69) is 67.3 Å². The number of aromatic nitrogens is 1. The van der Waals surface area contributed by atoms with Crippen molar-refractivity contribution in [2.75, 3.05) is 5.32 Å². The Kier molecular flexibility index (Phi) is 3.71. The van der Waals surface area contributed by atoms with Crippen LogP contribution in [0.3, 0.4) is 0 Å². The first-order chi connectivity index (χ1) is 7.66. The predicted molar refractivity (Wildman–Crippen MR) is 74.7 cm³/mol. The van der Waals surface area contributed by atoms with Crippen LogP contribution in [0.15, 0.2) is 39.4 Å². The average molecular weight is 344 g/mol. The fourth-order valence-corrected chi connectivity index (χ4v) is 3.23. The maximum atomic E-state index is 3.56. The Bertz CT molecular complexity index is 455. The monoisotopic (exact) mass is 342 g/mol. The summed E-state index contributed by atoms with van der Waals surface area (Å²) in [5.74, 6) is 0. The molecular weight excluding hydrogens is 332 g/mol. The van der Waals surface area contributed by atoms with Gasteiger partial charge in [0.1, 0.15) is 0 Å². The number of halogens is 2. The summed E-state index contributed by atoms with van der Waals surface area (Å²) in [5.41, 5.74) is 3.48. The van der Waals surface area contributed by atoms with Crippen LogP contribution in [0.1, 0.15) is 11.3 Å². The molecule has 0 fully saturated rings. The van der Waals surface area contributed by atoms with Crippen molar-refractivity contribution in [3.05, 3.63) is 50.7 Å². The van der Waals surface area contributed by atoms with Crippen LogP contribution in [0, 0.1) is 6.92 Å². The van der Waals surface area contributed by atoms with Gasteiger partial charge in [-0.05, 0) is 68.6 Å². The van der Waals surface area contributed by atoms with Crippen molar-refractivity contribution in [2.45, 2.75) is 13.5 Å². The number of benzene rings is 1. The molecule has 2 rings (SSSR count). The van der Waals surface area contributed by atoms with Crippen LogP contribution in [0.25, 0.3) is 0 Å². The summed E-state index contributed by atoms with van der Waals surface area (Å²) in [4.78, 5) is 3.16. The molecule has 2 aromatic rings. The van der Waals surface area contributed by atoms with E-state index in [-0.39, 0.29) is 0 Å². The maximum Gasteiger partial charge on any atom is 0.0632 e. The van der Waals surface area contributed by atoms with Gasteiger partial charge in [-0.15, -0.1) is 0 Å². The molecule has 1 aromatic heterocycles. The highest BCUT2D eigenvalue weighted by atomic mass is 79.9. The molecule has 0 aliphatic heterocycles. The Morgan fingerprint density at radius 1 is 1.25 bits per heavy atom. The van der Waals surface area contributed by atoms with E-state index < -0.39 is 0 Å².